The molecular formula is C23H28FN3O3S. The maximum atomic E-state index is 13.5. The average molecular weight is 446 g/mol. The Balaban J connectivity index is 1.35. The molecule has 1 aliphatic carbocycles. The van der Waals surface area contributed by atoms with Gasteiger partial charge in [0, 0.05) is 16.9 Å². The minimum Gasteiger partial charge on any atom is -0.444 e. The SMILES string of the molecule is CC(C)(C)OC(=O)N[C@H]1CCCC(C(=O)NC2Nc3ccc4cc(F)ccc4c3S2)C1. The van der Waals surface area contributed by atoms with E-state index >= 15 is 0 Å². The largest absolute Gasteiger partial charge is 0.444 e. The van der Waals surface area contributed by atoms with Gasteiger partial charge in [0.15, 0.2) is 5.50 Å². The van der Waals surface area contributed by atoms with Crippen molar-refractivity contribution in [2.45, 2.75) is 68.5 Å². The maximum absolute atomic E-state index is 13.5. The normalized spacial score (nSPS) is 23.0. The van der Waals surface area contributed by atoms with Gasteiger partial charge in [0.05, 0.1) is 5.69 Å². The number of halogens is 1. The lowest BCUT2D eigenvalue weighted by molar-refractivity contribution is -0.126. The average Bonchev–Trinajstić information content (AvgIpc) is 3.09. The molecule has 31 heavy (non-hydrogen) atoms. The Hall–Kier alpha value is -2.48. The summed E-state index contributed by atoms with van der Waals surface area (Å²) in [6, 6.07) is 8.47. The van der Waals surface area contributed by atoms with Crippen molar-refractivity contribution in [3.05, 3.63) is 36.1 Å². The molecule has 2 aliphatic rings. The van der Waals surface area contributed by atoms with Crippen LogP contribution in [-0.4, -0.2) is 29.1 Å². The van der Waals surface area contributed by atoms with E-state index in [4.69, 9.17) is 4.74 Å². The molecule has 0 spiro atoms. The lowest BCUT2D eigenvalue weighted by Crippen LogP contribution is -2.46. The molecule has 1 fully saturated rings. The number of thioether (sulfide) groups is 1. The van der Waals surface area contributed by atoms with Crippen LogP contribution in [0, 0.1) is 11.7 Å². The van der Waals surface area contributed by atoms with Crippen LogP contribution in [0.2, 0.25) is 0 Å². The van der Waals surface area contributed by atoms with Gasteiger partial charge >= 0.3 is 6.09 Å². The van der Waals surface area contributed by atoms with E-state index in [1.54, 1.807) is 6.07 Å². The number of nitrogens with one attached hydrogen (secondary N) is 3. The van der Waals surface area contributed by atoms with Gasteiger partial charge in [0.2, 0.25) is 5.91 Å². The number of anilines is 1. The summed E-state index contributed by atoms with van der Waals surface area (Å²) in [7, 11) is 0. The van der Waals surface area contributed by atoms with Crippen molar-refractivity contribution in [3.8, 4) is 0 Å². The molecule has 166 valence electrons. The summed E-state index contributed by atoms with van der Waals surface area (Å²) < 4.78 is 18.9. The first-order chi connectivity index (χ1) is 14.7. The molecule has 8 heteroatoms. The third-order valence-corrected chi connectivity index (χ3v) is 6.64. The van der Waals surface area contributed by atoms with Gasteiger partial charge in [-0.15, -0.1) is 0 Å². The second kappa shape index (κ2) is 8.57. The van der Waals surface area contributed by atoms with Crippen molar-refractivity contribution in [1.29, 1.82) is 0 Å². The second-order valence-electron chi connectivity index (χ2n) is 9.17. The number of rotatable bonds is 3. The molecule has 1 saturated carbocycles. The van der Waals surface area contributed by atoms with E-state index < -0.39 is 11.7 Å². The van der Waals surface area contributed by atoms with Crippen molar-refractivity contribution in [2.75, 3.05) is 5.32 Å². The molecule has 0 radical (unpaired) electrons. The van der Waals surface area contributed by atoms with Gasteiger partial charge in [-0.2, -0.15) is 0 Å². The van der Waals surface area contributed by atoms with E-state index in [0.717, 1.165) is 40.6 Å². The number of benzene rings is 2. The summed E-state index contributed by atoms with van der Waals surface area (Å²) >= 11 is 1.53. The van der Waals surface area contributed by atoms with Gasteiger partial charge in [-0.3, -0.25) is 4.79 Å². The quantitative estimate of drug-likeness (QED) is 0.621. The summed E-state index contributed by atoms with van der Waals surface area (Å²) in [5.74, 6) is -0.449. The van der Waals surface area contributed by atoms with Crippen LogP contribution in [0.5, 0.6) is 0 Å². The van der Waals surface area contributed by atoms with Crippen molar-refractivity contribution < 1.29 is 18.7 Å². The Morgan fingerprint density at radius 1 is 1.16 bits per heavy atom. The van der Waals surface area contributed by atoms with Crippen molar-refractivity contribution in [1.82, 2.24) is 10.6 Å². The molecule has 1 heterocycles. The topological polar surface area (TPSA) is 79.5 Å². The molecule has 6 nitrogen and oxygen atoms in total. The smallest absolute Gasteiger partial charge is 0.407 e. The van der Waals surface area contributed by atoms with E-state index in [0.29, 0.717) is 6.42 Å². The van der Waals surface area contributed by atoms with E-state index in [2.05, 4.69) is 16.0 Å². The Labute approximate surface area is 185 Å². The Morgan fingerprint density at radius 2 is 1.97 bits per heavy atom. The monoisotopic (exact) mass is 445 g/mol. The highest BCUT2D eigenvalue weighted by molar-refractivity contribution is 8.00. The first-order valence-electron chi connectivity index (χ1n) is 10.6. The second-order valence-corrected chi connectivity index (χ2v) is 10.3. The number of ether oxygens (including phenoxy) is 1. The standard InChI is InChI=1S/C23H28FN3O3S/c1-23(2,3)30-22(29)25-16-6-4-5-14(12-16)20(28)27-21-26-18-10-7-13-11-15(24)8-9-17(13)19(18)31-21/h7-11,14,16,21,26H,4-6,12H2,1-3H3,(H,25,29)(H,27,28)/t14?,16-,21?/m0/s1. The molecule has 3 N–H and O–H groups in total. The van der Waals surface area contributed by atoms with Crippen LogP contribution in [0.4, 0.5) is 14.9 Å². The lowest BCUT2D eigenvalue weighted by atomic mass is 9.85. The van der Waals surface area contributed by atoms with Crippen molar-refractivity contribution >= 4 is 40.2 Å². The molecule has 4 rings (SSSR count). The number of hydrogen-bond acceptors (Lipinski definition) is 5. The molecule has 1 aliphatic heterocycles. The number of carbonyl (C=O) groups is 2. The fourth-order valence-corrected chi connectivity index (χ4v) is 5.31. The number of carbonyl (C=O) groups excluding carboxylic acids is 2. The fraction of sp³-hybridized carbons (Fsp3) is 0.478. The molecule has 0 aromatic heterocycles. The van der Waals surface area contributed by atoms with Crippen LogP contribution in [-0.2, 0) is 9.53 Å². The van der Waals surface area contributed by atoms with Gasteiger partial charge in [-0.1, -0.05) is 30.3 Å². The molecule has 2 aromatic rings. The van der Waals surface area contributed by atoms with Crippen LogP contribution in [0.1, 0.15) is 46.5 Å². The molecule has 2 amide bonds. The summed E-state index contributed by atoms with van der Waals surface area (Å²) in [5, 5.41) is 11.1. The van der Waals surface area contributed by atoms with E-state index in [1.165, 1.54) is 23.9 Å². The molecule has 2 aromatic carbocycles. The minimum atomic E-state index is -0.550. The van der Waals surface area contributed by atoms with E-state index in [9.17, 15) is 14.0 Å². The summed E-state index contributed by atoms with van der Waals surface area (Å²) in [5.41, 5.74) is 0.103. The third-order valence-electron chi connectivity index (χ3n) is 5.49. The number of amides is 2. The first kappa shape index (κ1) is 21.7. The van der Waals surface area contributed by atoms with Crippen LogP contribution in [0.3, 0.4) is 0 Å². The summed E-state index contributed by atoms with van der Waals surface area (Å²) in [4.78, 5) is 26.0. The molecular weight excluding hydrogens is 417 g/mol. The summed E-state index contributed by atoms with van der Waals surface area (Å²) in [6.45, 7) is 5.48. The predicted molar refractivity (Wildman–Crippen MR) is 120 cm³/mol. The van der Waals surface area contributed by atoms with Crippen LogP contribution >= 0.6 is 11.8 Å². The number of fused-ring (bicyclic) bond motifs is 3. The van der Waals surface area contributed by atoms with Gasteiger partial charge in [-0.25, -0.2) is 9.18 Å². The van der Waals surface area contributed by atoms with Gasteiger partial charge in [-0.05, 0) is 69.0 Å². The fourth-order valence-electron chi connectivity index (χ4n) is 4.15. The van der Waals surface area contributed by atoms with Crippen LogP contribution < -0.4 is 16.0 Å². The maximum Gasteiger partial charge on any atom is 0.407 e. The first-order valence-corrected chi connectivity index (χ1v) is 11.5. The van der Waals surface area contributed by atoms with E-state index in [-0.39, 0.29) is 29.2 Å². The molecule has 2 unspecified atom stereocenters. The summed E-state index contributed by atoms with van der Waals surface area (Å²) in [6.07, 6.45) is 2.67. The zero-order chi connectivity index (χ0) is 22.2. The predicted octanol–water partition coefficient (Wildman–Crippen LogP) is 4.98. The zero-order valence-electron chi connectivity index (χ0n) is 18.0. The Bertz CT molecular complexity index is 1010. The number of alkyl carbamates (subject to hydrolysis) is 1. The number of hydrogen-bond donors (Lipinski definition) is 3. The van der Waals surface area contributed by atoms with Crippen molar-refractivity contribution in [3.63, 3.8) is 0 Å². The molecule has 0 bridgehead atoms. The van der Waals surface area contributed by atoms with Crippen molar-refractivity contribution in [2.24, 2.45) is 5.92 Å². The lowest BCUT2D eigenvalue weighted by Gasteiger charge is -2.30. The Kier molecular flexibility index (Phi) is 6.01. The third kappa shape index (κ3) is 5.23. The van der Waals surface area contributed by atoms with E-state index in [1.807, 2.05) is 32.9 Å². The van der Waals surface area contributed by atoms with Gasteiger partial charge < -0.3 is 20.7 Å². The van der Waals surface area contributed by atoms with Crippen LogP contribution in [0.15, 0.2) is 35.2 Å². The van der Waals surface area contributed by atoms with Crippen LogP contribution in [0.25, 0.3) is 10.8 Å². The minimum absolute atomic E-state index is 0.0242. The highest BCUT2D eigenvalue weighted by Gasteiger charge is 2.32. The molecule has 0 saturated heterocycles. The Morgan fingerprint density at radius 3 is 2.74 bits per heavy atom. The zero-order valence-corrected chi connectivity index (χ0v) is 18.8. The molecule has 3 atom stereocenters. The van der Waals surface area contributed by atoms with Gasteiger partial charge in [0.25, 0.3) is 0 Å². The highest BCUT2D eigenvalue weighted by atomic mass is 32.2. The highest BCUT2D eigenvalue weighted by Crippen LogP contribution is 2.42. The van der Waals surface area contributed by atoms with Gasteiger partial charge in [0.1, 0.15) is 11.4 Å².